The maximum absolute atomic E-state index is 10.3. The zero-order valence-electron chi connectivity index (χ0n) is 9.76. The van der Waals surface area contributed by atoms with E-state index in [1.807, 2.05) is 6.07 Å². The number of β-amino-alcohol motifs (C(OH)–C–C–N with tert-alkyl or cyclic N) is 1. The number of nitrogens with zero attached hydrogens (tertiary/aromatic N) is 1. The maximum atomic E-state index is 10.3. The van der Waals surface area contributed by atoms with Crippen molar-refractivity contribution in [2.24, 2.45) is 5.92 Å². The van der Waals surface area contributed by atoms with Crippen molar-refractivity contribution in [1.82, 2.24) is 4.90 Å². The van der Waals surface area contributed by atoms with Gasteiger partial charge in [0.05, 0.1) is 5.60 Å². The van der Waals surface area contributed by atoms with Gasteiger partial charge in [0.25, 0.3) is 0 Å². The molecule has 1 saturated carbocycles. The summed E-state index contributed by atoms with van der Waals surface area (Å²) >= 11 is 0. The van der Waals surface area contributed by atoms with Crippen molar-refractivity contribution in [2.45, 2.75) is 31.4 Å². The van der Waals surface area contributed by atoms with E-state index in [2.05, 4.69) is 36.1 Å². The fraction of sp³-hybridized carbons (Fsp3) is 0.571. The van der Waals surface area contributed by atoms with Crippen LogP contribution in [-0.2, 0) is 0 Å². The second kappa shape index (κ2) is 3.57. The molecule has 0 amide bonds. The third-order valence-corrected chi connectivity index (χ3v) is 4.12. The zero-order chi connectivity index (χ0) is 11.2. The summed E-state index contributed by atoms with van der Waals surface area (Å²) in [6, 6.07) is 11.0. The van der Waals surface area contributed by atoms with E-state index in [0.717, 1.165) is 13.1 Å². The molecule has 0 bridgehead atoms. The molecule has 2 heteroatoms. The Labute approximate surface area is 96.9 Å². The lowest BCUT2D eigenvalue weighted by atomic mass is 9.86. The predicted octanol–water partition coefficient (Wildman–Crippen LogP) is 2.20. The minimum atomic E-state index is -0.358. The third kappa shape index (κ3) is 1.66. The van der Waals surface area contributed by atoms with E-state index in [4.69, 9.17) is 0 Å². The summed E-state index contributed by atoms with van der Waals surface area (Å²) in [7, 11) is 0. The smallest absolute Gasteiger partial charge is 0.0928 e. The van der Waals surface area contributed by atoms with Crippen LogP contribution >= 0.6 is 0 Å². The van der Waals surface area contributed by atoms with E-state index in [1.54, 1.807) is 0 Å². The van der Waals surface area contributed by atoms with Gasteiger partial charge in [-0.05, 0) is 31.2 Å². The minimum Gasteiger partial charge on any atom is -0.387 e. The number of likely N-dealkylation sites (tertiary alicyclic amines) is 1. The van der Waals surface area contributed by atoms with Crippen LogP contribution in [0.1, 0.15) is 31.4 Å². The van der Waals surface area contributed by atoms with Gasteiger partial charge in [-0.2, -0.15) is 0 Å². The molecule has 86 valence electrons. The Balaban J connectivity index is 1.64. The summed E-state index contributed by atoms with van der Waals surface area (Å²) in [6.07, 6.45) is 2.45. The molecule has 0 spiro atoms. The summed E-state index contributed by atoms with van der Waals surface area (Å²) in [5.41, 5.74) is 0.989. The van der Waals surface area contributed by atoms with Gasteiger partial charge in [-0.25, -0.2) is 0 Å². The van der Waals surface area contributed by atoms with Crippen LogP contribution < -0.4 is 0 Å². The van der Waals surface area contributed by atoms with E-state index in [9.17, 15) is 5.11 Å². The first kappa shape index (κ1) is 10.3. The van der Waals surface area contributed by atoms with Crippen LogP contribution in [0.15, 0.2) is 30.3 Å². The van der Waals surface area contributed by atoms with E-state index in [0.29, 0.717) is 12.0 Å². The van der Waals surface area contributed by atoms with Crippen molar-refractivity contribution in [3.8, 4) is 0 Å². The fourth-order valence-corrected chi connectivity index (χ4v) is 2.75. The topological polar surface area (TPSA) is 23.5 Å². The predicted molar refractivity (Wildman–Crippen MR) is 64.1 cm³/mol. The van der Waals surface area contributed by atoms with E-state index in [-0.39, 0.29) is 5.60 Å². The van der Waals surface area contributed by atoms with Gasteiger partial charge in [-0.15, -0.1) is 0 Å². The second-order valence-corrected chi connectivity index (χ2v) is 5.37. The van der Waals surface area contributed by atoms with Crippen molar-refractivity contribution in [2.75, 3.05) is 13.1 Å². The molecule has 2 fully saturated rings. The van der Waals surface area contributed by atoms with Crippen molar-refractivity contribution in [3.05, 3.63) is 35.9 Å². The molecule has 0 radical (unpaired) electrons. The van der Waals surface area contributed by atoms with Gasteiger partial charge < -0.3 is 5.11 Å². The van der Waals surface area contributed by atoms with Crippen LogP contribution in [0.2, 0.25) is 0 Å². The van der Waals surface area contributed by atoms with Crippen molar-refractivity contribution in [3.63, 3.8) is 0 Å². The molecule has 1 saturated heterocycles. The number of hydrogen-bond acceptors (Lipinski definition) is 2. The first-order valence-electron chi connectivity index (χ1n) is 6.20. The van der Waals surface area contributed by atoms with Gasteiger partial charge >= 0.3 is 0 Å². The lowest BCUT2D eigenvalue weighted by molar-refractivity contribution is -0.127. The summed E-state index contributed by atoms with van der Waals surface area (Å²) in [4.78, 5) is 2.37. The van der Waals surface area contributed by atoms with Gasteiger partial charge in [0, 0.05) is 19.1 Å². The van der Waals surface area contributed by atoms with E-state index in [1.165, 1.54) is 18.4 Å². The molecule has 1 aliphatic carbocycles. The van der Waals surface area contributed by atoms with Gasteiger partial charge in [-0.1, -0.05) is 30.3 Å². The molecule has 16 heavy (non-hydrogen) atoms. The summed E-state index contributed by atoms with van der Waals surface area (Å²) in [6.45, 7) is 3.93. The number of aliphatic hydroxyl groups is 1. The Morgan fingerprint density at radius 3 is 2.44 bits per heavy atom. The standard InChI is InChI=1S/C14H19NO/c1-11(12-5-3-2-4-6-12)15-9-14(16,10-15)13-7-8-13/h2-6,11,13,16H,7-10H2,1H3. The zero-order valence-corrected chi connectivity index (χ0v) is 9.76. The third-order valence-electron chi connectivity index (χ3n) is 4.12. The monoisotopic (exact) mass is 217 g/mol. The van der Waals surface area contributed by atoms with Crippen LogP contribution in [0.3, 0.4) is 0 Å². The molecule has 1 N–H and O–H groups in total. The summed E-state index contributed by atoms with van der Waals surface area (Å²) in [5.74, 6) is 0.590. The van der Waals surface area contributed by atoms with Gasteiger partial charge in [-0.3, -0.25) is 4.90 Å². The van der Waals surface area contributed by atoms with Crippen LogP contribution in [0.5, 0.6) is 0 Å². The van der Waals surface area contributed by atoms with Crippen LogP contribution in [0, 0.1) is 5.92 Å². The molecule has 1 unspecified atom stereocenters. The molecule has 1 aromatic carbocycles. The molecule has 1 heterocycles. The normalized spacial score (nSPS) is 26.1. The molecular weight excluding hydrogens is 198 g/mol. The van der Waals surface area contributed by atoms with Gasteiger partial charge in [0.2, 0.25) is 0 Å². The average Bonchev–Trinajstić information content (AvgIpc) is 3.09. The largest absolute Gasteiger partial charge is 0.387 e. The number of hydrogen-bond donors (Lipinski definition) is 1. The van der Waals surface area contributed by atoms with Crippen LogP contribution in [0.4, 0.5) is 0 Å². The highest BCUT2D eigenvalue weighted by atomic mass is 16.3. The Bertz CT molecular complexity index is 366. The Hall–Kier alpha value is -0.860. The SMILES string of the molecule is CC(c1ccccc1)N1CC(O)(C2CC2)C1. The Kier molecular flexibility index (Phi) is 2.30. The fourth-order valence-electron chi connectivity index (χ4n) is 2.75. The van der Waals surface area contributed by atoms with E-state index >= 15 is 0 Å². The lowest BCUT2D eigenvalue weighted by Crippen LogP contribution is -2.63. The van der Waals surface area contributed by atoms with Gasteiger partial charge in [0.15, 0.2) is 0 Å². The van der Waals surface area contributed by atoms with Crippen LogP contribution in [-0.4, -0.2) is 28.7 Å². The quantitative estimate of drug-likeness (QED) is 0.839. The molecule has 2 nitrogen and oxygen atoms in total. The number of benzene rings is 1. The van der Waals surface area contributed by atoms with E-state index < -0.39 is 0 Å². The Morgan fingerprint density at radius 2 is 1.88 bits per heavy atom. The second-order valence-electron chi connectivity index (χ2n) is 5.37. The number of rotatable bonds is 3. The minimum absolute atomic E-state index is 0.358. The first-order chi connectivity index (χ1) is 7.69. The highest BCUT2D eigenvalue weighted by Crippen LogP contribution is 2.46. The highest BCUT2D eigenvalue weighted by Gasteiger charge is 2.52. The Morgan fingerprint density at radius 1 is 1.25 bits per heavy atom. The molecule has 3 rings (SSSR count). The van der Waals surface area contributed by atoms with Crippen molar-refractivity contribution < 1.29 is 5.11 Å². The van der Waals surface area contributed by atoms with Crippen LogP contribution in [0.25, 0.3) is 0 Å². The first-order valence-corrected chi connectivity index (χ1v) is 6.20. The summed E-state index contributed by atoms with van der Waals surface area (Å²) in [5, 5.41) is 10.3. The van der Waals surface area contributed by atoms with Gasteiger partial charge in [0.1, 0.15) is 0 Å². The molecule has 1 aromatic rings. The molecule has 1 aliphatic heterocycles. The lowest BCUT2D eigenvalue weighted by Gasteiger charge is -2.50. The summed E-state index contributed by atoms with van der Waals surface area (Å²) < 4.78 is 0. The van der Waals surface area contributed by atoms with Crippen molar-refractivity contribution in [1.29, 1.82) is 0 Å². The van der Waals surface area contributed by atoms with Crippen molar-refractivity contribution >= 4 is 0 Å². The maximum Gasteiger partial charge on any atom is 0.0928 e. The molecule has 2 aliphatic rings. The molecular formula is C14H19NO. The highest BCUT2D eigenvalue weighted by molar-refractivity contribution is 5.20. The average molecular weight is 217 g/mol. The molecule has 0 aromatic heterocycles. The molecule has 1 atom stereocenters.